The Hall–Kier alpha value is -1.60. The number of hydrogen-bond acceptors (Lipinski definition) is 3. The summed E-state index contributed by atoms with van der Waals surface area (Å²) in [6.45, 7) is 0. The first-order valence-corrected chi connectivity index (χ1v) is 7.86. The minimum Gasteiger partial charge on any atom is -0.330 e. The van der Waals surface area contributed by atoms with Gasteiger partial charge in [-0.05, 0) is 50.0 Å². The van der Waals surface area contributed by atoms with Crippen LogP contribution in [0.4, 0.5) is 19.6 Å². The first-order valence-electron chi connectivity index (χ1n) is 6.63. The fourth-order valence-corrected chi connectivity index (χ4v) is 3.57. The normalized spacial score (nSPS) is 13.6. The summed E-state index contributed by atoms with van der Waals surface area (Å²) in [5.41, 5.74) is 1.26. The van der Waals surface area contributed by atoms with Crippen molar-refractivity contribution in [3.63, 3.8) is 0 Å². The molecule has 7 heteroatoms. The molecule has 0 saturated heterocycles. The molecule has 0 unspecified atom stereocenters. The molecule has 0 radical (unpaired) electrons. The predicted molar refractivity (Wildman–Crippen MR) is 85.0 cm³/mol. The quantitative estimate of drug-likeness (QED) is 0.815. The van der Waals surface area contributed by atoms with E-state index in [2.05, 4.69) is 15.6 Å². The number of thiazole rings is 1. The van der Waals surface area contributed by atoms with Crippen molar-refractivity contribution in [3.05, 3.63) is 40.4 Å². The molecule has 1 heterocycles. The number of nitrogens with one attached hydrogen (secondary N) is 2. The Morgan fingerprint density at radius 3 is 2.76 bits per heavy atom. The van der Waals surface area contributed by atoms with E-state index in [1.165, 1.54) is 29.9 Å². The van der Waals surface area contributed by atoms with Crippen LogP contribution in [0.25, 0.3) is 0 Å². The highest BCUT2D eigenvalue weighted by atomic mass is 32.1. The van der Waals surface area contributed by atoms with Crippen molar-refractivity contribution in [2.75, 3.05) is 10.6 Å². The molecular formula is C14H13F2N3S2. The van der Waals surface area contributed by atoms with Gasteiger partial charge in [0.05, 0.1) is 11.4 Å². The number of fused-ring (bicyclic) bond motifs is 1. The first kappa shape index (κ1) is 14.3. The standard InChI is InChI=1S/C14H13F2N3S2/c15-8-5-6-10(9(16)7-8)17-13(20)19-14-18-11-3-1-2-4-12(11)21-14/h5-7H,1-4H2,(H2,17,18,19,20). The van der Waals surface area contributed by atoms with E-state index in [4.69, 9.17) is 12.2 Å². The second-order valence-electron chi connectivity index (χ2n) is 4.80. The van der Waals surface area contributed by atoms with Crippen molar-refractivity contribution >= 4 is 39.5 Å². The van der Waals surface area contributed by atoms with Gasteiger partial charge in [-0.15, -0.1) is 11.3 Å². The molecule has 0 atom stereocenters. The van der Waals surface area contributed by atoms with Gasteiger partial charge in [0, 0.05) is 10.9 Å². The van der Waals surface area contributed by atoms with Gasteiger partial charge >= 0.3 is 0 Å². The Kier molecular flexibility index (Phi) is 4.12. The summed E-state index contributed by atoms with van der Waals surface area (Å²) in [5, 5.41) is 6.62. The van der Waals surface area contributed by atoms with Crippen LogP contribution in [0.3, 0.4) is 0 Å². The summed E-state index contributed by atoms with van der Waals surface area (Å²) in [7, 11) is 0. The fraction of sp³-hybridized carbons (Fsp3) is 0.286. The van der Waals surface area contributed by atoms with E-state index in [0.717, 1.165) is 24.6 Å². The van der Waals surface area contributed by atoms with Crippen molar-refractivity contribution in [1.82, 2.24) is 4.98 Å². The summed E-state index contributed by atoms with van der Waals surface area (Å²) < 4.78 is 26.4. The van der Waals surface area contributed by atoms with Crippen molar-refractivity contribution in [2.24, 2.45) is 0 Å². The number of benzene rings is 1. The number of halogens is 2. The summed E-state index contributed by atoms with van der Waals surface area (Å²) in [5.74, 6) is -1.30. The zero-order valence-corrected chi connectivity index (χ0v) is 12.7. The summed E-state index contributed by atoms with van der Waals surface area (Å²) >= 11 is 6.71. The second-order valence-corrected chi connectivity index (χ2v) is 6.29. The third kappa shape index (κ3) is 3.36. The van der Waals surface area contributed by atoms with Gasteiger partial charge in [-0.3, -0.25) is 0 Å². The van der Waals surface area contributed by atoms with E-state index in [9.17, 15) is 8.78 Å². The van der Waals surface area contributed by atoms with Gasteiger partial charge in [0.25, 0.3) is 0 Å². The molecule has 0 spiro atoms. The number of thiocarbonyl (C=S) groups is 1. The molecule has 110 valence electrons. The molecule has 1 aromatic carbocycles. The first-order chi connectivity index (χ1) is 10.1. The van der Waals surface area contributed by atoms with E-state index in [-0.39, 0.29) is 10.8 Å². The van der Waals surface area contributed by atoms with E-state index >= 15 is 0 Å². The minimum absolute atomic E-state index is 0.134. The second kappa shape index (κ2) is 6.03. The highest BCUT2D eigenvalue weighted by Crippen LogP contribution is 2.29. The molecule has 0 amide bonds. The average Bonchev–Trinajstić information content (AvgIpc) is 2.84. The van der Waals surface area contributed by atoms with Crippen LogP contribution in [0.5, 0.6) is 0 Å². The molecule has 3 nitrogen and oxygen atoms in total. The van der Waals surface area contributed by atoms with E-state index < -0.39 is 11.6 Å². The highest BCUT2D eigenvalue weighted by molar-refractivity contribution is 7.80. The summed E-state index contributed by atoms with van der Waals surface area (Å²) in [6.07, 6.45) is 4.42. The largest absolute Gasteiger partial charge is 0.330 e. The number of rotatable bonds is 2. The van der Waals surface area contributed by atoms with Crippen LogP contribution in [0, 0.1) is 11.6 Å². The number of anilines is 2. The molecule has 0 bridgehead atoms. The molecule has 3 rings (SSSR count). The molecule has 2 aromatic rings. The van der Waals surface area contributed by atoms with Gasteiger partial charge < -0.3 is 10.6 Å². The molecule has 2 N–H and O–H groups in total. The Balaban J connectivity index is 1.67. The molecule has 0 fully saturated rings. The SMILES string of the molecule is Fc1ccc(NC(=S)Nc2nc3c(s2)CCCC3)c(F)c1. The lowest BCUT2D eigenvalue weighted by atomic mass is 10.0. The van der Waals surface area contributed by atoms with Crippen LogP contribution in [0.15, 0.2) is 18.2 Å². The monoisotopic (exact) mass is 325 g/mol. The summed E-state index contributed by atoms with van der Waals surface area (Å²) in [6, 6.07) is 3.30. The Morgan fingerprint density at radius 2 is 2.00 bits per heavy atom. The maximum Gasteiger partial charge on any atom is 0.189 e. The number of hydrogen-bond donors (Lipinski definition) is 2. The van der Waals surface area contributed by atoms with Crippen LogP contribution in [-0.4, -0.2) is 10.1 Å². The Morgan fingerprint density at radius 1 is 1.19 bits per heavy atom. The molecule has 0 saturated carbocycles. The maximum atomic E-state index is 13.5. The zero-order chi connectivity index (χ0) is 14.8. The van der Waals surface area contributed by atoms with Gasteiger partial charge in [-0.25, -0.2) is 13.8 Å². The summed E-state index contributed by atoms with van der Waals surface area (Å²) in [4.78, 5) is 5.79. The lowest BCUT2D eigenvalue weighted by Gasteiger charge is -2.09. The zero-order valence-electron chi connectivity index (χ0n) is 11.1. The van der Waals surface area contributed by atoms with Gasteiger partial charge in [0.1, 0.15) is 11.6 Å². The maximum absolute atomic E-state index is 13.5. The van der Waals surface area contributed by atoms with Crippen molar-refractivity contribution in [2.45, 2.75) is 25.7 Å². The van der Waals surface area contributed by atoms with Crippen LogP contribution in [0.2, 0.25) is 0 Å². The average molecular weight is 325 g/mol. The molecule has 1 aliphatic carbocycles. The van der Waals surface area contributed by atoms with Gasteiger partial charge in [0.2, 0.25) is 0 Å². The molecule has 0 aliphatic heterocycles. The smallest absolute Gasteiger partial charge is 0.189 e. The predicted octanol–water partition coefficient (Wildman–Crippen LogP) is 4.11. The van der Waals surface area contributed by atoms with E-state index in [0.29, 0.717) is 5.13 Å². The minimum atomic E-state index is -0.683. The van der Waals surface area contributed by atoms with Crippen molar-refractivity contribution in [3.8, 4) is 0 Å². The lowest BCUT2D eigenvalue weighted by molar-refractivity contribution is 0.586. The van der Waals surface area contributed by atoms with E-state index in [1.807, 2.05) is 0 Å². The van der Waals surface area contributed by atoms with Gasteiger partial charge in [0.15, 0.2) is 10.2 Å². The van der Waals surface area contributed by atoms with Crippen LogP contribution >= 0.6 is 23.6 Å². The molecule has 1 aromatic heterocycles. The van der Waals surface area contributed by atoms with Crippen molar-refractivity contribution in [1.29, 1.82) is 0 Å². The fourth-order valence-electron chi connectivity index (χ4n) is 2.25. The molecule has 1 aliphatic rings. The van der Waals surface area contributed by atoms with Crippen LogP contribution in [0.1, 0.15) is 23.4 Å². The third-order valence-corrected chi connectivity index (χ3v) is 4.52. The topological polar surface area (TPSA) is 37.0 Å². The lowest BCUT2D eigenvalue weighted by Crippen LogP contribution is -2.19. The molecule has 21 heavy (non-hydrogen) atoms. The Bertz CT molecular complexity index is 661. The van der Waals surface area contributed by atoms with E-state index in [1.54, 1.807) is 11.3 Å². The highest BCUT2D eigenvalue weighted by Gasteiger charge is 2.15. The Labute approximate surface area is 130 Å². The van der Waals surface area contributed by atoms with Crippen molar-refractivity contribution < 1.29 is 8.78 Å². The van der Waals surface area contributed by atoms with Gasteiger partial charge in [-0.2, -0.15) is 0 Å². The third-order valence-electron chi connectivity index (χ3n) is 3.25. The molecular weight excluding hydrogens is 312 g/mol. The van der Waals surface area contributed by atoms with Crippen LogP contribution < -0.4 is 10.6 Å². The number of aryl methyl sites for hydroxylation is 2. The number of nitrogens with zero attached hydrogens (tertiary/aromatic N) is 1. The van der Waals surface area contributed by atoms with Crippen LogP contribution in [-0.2, 0) is 12.8 Å². The number of aromatic nitrogens is 1. The van der Waals surface area contributed by atoms with Gasteiger partial charge in [-0.1, -0.05) is 0 Å².